The van der Waals surface area contributed by atoms with Crippen molar-refractivity contribution in [1.29, 1.82) is 0 Å². The number of fused-ring (bicyclic) bond motifs is 2. The fraction of sp³-hybridized carbons (Fsp3) is 0.227. The van der Waals surface area contributed by atoms with E-state index in [1.165, 1.54) is 5.39 Å². The Balaban J connectivity index is 1.53. The lowest BCUT2D eigenvalue weighted by Gasteiger charge is -2.33. The van der Waals surface area contributed by atoms with Crippen molar-refractivity contribution in [2.45, 2.75) is 19.1 Å². The summed E-state index contributed by atoms with van der Waals surface area (Å²) in [6, 6.07) is 22.1. The summed E-state index contributed by atoms with van der Waals surface area (Å²) in [5.74, 6) is 0.658. The first-order chi connectivity index (χ1) is 12.6. The first kappa shape index (κ1) is 16.5. The van der Waals surface area contributed by atoms with Gasteiger partial charge in [-0.2, -0.15) is 0 Å². The second-order valence-corrected chi connectivity index (χ2v) is 6.75. The number of amides is 1. The summed E-state index contributed by atoms with van der Waals surface area (Å²) in [5, 5.41) is 5.46. The second-order valence-electron chi connectivity index (χ2n) is 6.75. The van der Waals surface area contributed by atoms with Gasteiger partial charge in [-0.1, -0.05) is 54.6 Å². The lowest BCUT2D eigenvalue weighted by Crippen LogP contribution is -2.48. The highest BCUT2D eigenvalue weighted by Gasteiger charge is 2.29. The fourth-order valence-corrected chi connectivity index (χ4v) is 3.56. The second kappa shape index (κ2) is 6.71. The summed E-state index contributed by atoms with van der Waals surface area (Å²) in [6.07, 6.45) is -0.521. The van der Waals surface area contributed by atoms with Crippen molar-refractivity contribution in [3.8, 4) is 5.75 Å². The number of hydrogen-bond acceptors (Lipinski definition) is 3. The van der Waals surface area contributed by atoms with Crippen LogP contribution in [0.2, 0.25) is 0 Å². The molecular weight excluding hydrogens is 324 g/mol. The van der Waals surface area contributed by atoms with E-state index in [2.05, 4.69) is 34.5 Å². The van der Waals surface area contributed by atoms with Gasteiger partial charge in [0.15, 0.2) is 6.10 Å². The minimum absolute atomic E-state index is 0.0909. The quantitative estimate of drug-likeness (QED) is 0.782. The van der Waals surface area contributed by atoms with Crippen LogP contribution in [0.1, 0.15) is 18.5 Å². The number of likely N-dealkylation sites (N-methyl/N-ethyl adjacent to an activating group) is 1. The molecule has 1 unspecified atom stereocenters. The zero-order valence-corrected chi connectivity index (χ0v) is 15.0. The average Bonchev–Trinajstić information content (AvgIpc) is 2.67. The summed E-state index contributed by atoms with van der Waals surface area (Å²) < 4.78 is 5.93. The van der Waals surface area contributed by atoms with Gasteiger partial charge in [0.05, 0.1) is 18.3 Å². The summed E-state index contributed by atoms with van der Waals surface area (Å²) in [4.78, 5) is 14.9. The number of carbonyl (C=O) groups excluding carboxylic acids is 1. The van der Waals surface area contributed by atoms with Gasteiger partial charge in [-0.3, -0.25) is 4.79 Å². The highest BCUT2D eigenvalue weighted by molar-refractivity contribution is 5.88. The van der Waals surface area contributed by atoms with E-state index in [9.17, 15) is 4.79 Å². The van der Waals surface area contributed by atoms with E-state index in [0.717, 1.165) is 22.4 Å². The molecular formula is C22H22N2O2. The molecule has 4 nitrogen and oxygen atoms in total. The van der Waals surface area contributed by atoms with Gasteiger partial charge in [-0.15, -0.1) is 0 Å². The van der Waals surface area contributed by atoms with Crippen molar-refractivity contribution in [1.82, 2.24) is 5.32 Å². The van der Waals surface area contributed by atoms with Crippen LogP contribution in [-0.2, 0) is 4.79 Å². The van der Waals surface area contributed by atoms with Crippen molar-refractivity contribution in [2.75, 3.05) is 18.5 Å². The molecule has 132 valence electrons. The molecule has 26 heavy (non-hydrogen) atoms. The Labute approximate surface area is 153 Å². The minimum Gasteiger partial charge on any atom is -0.477 e. The monoisotopic (exact) mass is 346 g/mol. The molecule has 3 aromatic carbocycles. The third kappa shape index (κ3) is 2.99. The number of anilines is 1. The van der Waals surface area contributed by atoms with Crippen LogP contribution in [0, 0.1) is 0 Å². The van der Waals surface area contributed by atoms with Gasteiger partial charge in [0, 0.05) is 7.05 Å². The summed E-state index contributed by atoms with van der Waals surface area (Å²) in [5.41, 5.74) is 2.12. The fourth-order valence-electron chi connectivity index (χ4n) is 3.56. The molecule has 0 aromatic heterocycles. The lowest BCUT2D eigenvalue weighted by molar-refractivity contribution is -0.128. The topological polar surface area (TPSA) is 41.6 Å². The van der Waals surface area contributed by atoms with Crippen molar-refractivity contribution in [3.63, 3.8) is 0 Å². The zero-order valence-electron chi connectivity index (χ0n) is 15.0. The highest BCUT2D eigenvalue weighted by atomic mass is 16.5. The maximum absolute atomic E-state index is 12.8. The molecule has 0 fully saturated rings. The van der Waals surface area contributed by atoms with E-state index < -0.39 is 6.10 Å². The van der Waals surface area contributed by atoms with Crippen molar-refractivity contribution >= 4 is 22.4 Å². The van der Waals surface area contributed by atoms with E-state index in [-0.39, 0.29) is 11.9 Å². The van der Waals surface area contributed by atoms with Crippen LogP contribution in [0.3, 0.4) is 0 Å². The predicted molar refractivity (Wildman–Crippen MR) is 105 cm³/mol. The number of nitrogens with zero attached hydrogens (tertiary/aromatic N) is 1. The van der Waals surface area contributed by atoms with Crippen LogP contribution < -0.4 is 15.0 Å². The number of nitrogens with one attached hydrogen (secondary N) is 1. The smallest absolute Gasteiger partial charge is 0.263 e. The third-order valence-electron chi connectivity index (χ3n) is 4.93. The number of ether oxygens (including phenoxy) is 1. The van der Waals surface area contributed by atoms with Crippen LogP contribution in [0.4, 0.5) is 5.69 Å². The SMILES string of the molecule is C[C@@H](NC(=O)C1CN(C)c2ccccc2O1)c1cccc2ccccc12. The molecule has 1 aliphatic rings. The third-order valence-corrected chi connectivity index (χ3v) is 4.93. The maximum Gasteiger partial charge on any atom is 0.263 e. The van der Waals surface area contributed by atoms with E-state index >= 15 is 0 Å². The molecule has 2 atom stereocenters. The van der Waals surface area contributed by atoms with Gasteiger partial charge in [-0.05, 0) is 35.4 Å². The number of para-hydroxylation sites is 2. The maximum atomic E-state index is 12.8. The van der Waals surface area contributed by atoms with E-state index in [0.29, 0.717) is 6.54 Å². The molecule has 3 aromatic rings. The standard InChI is InChI=1S/C22H22N2O2/c1-15(17-11-7-9-16-8-3-4-10-18(16)17)23-22(25)21-14-24(2)19-12-5-6-13-20(19)26-21/h3-13,15,21H,14H2,1-2H3,(H,23,25)/t15-,21?/m1/s1. The Bertz CT molecular complexity index is 948. The van der Waals surface area contributed by atoms with Crippen LogP contribution in [0.5, 0.6) is 5.75 Å². The molecule has 1 heterocycles. The Hall–Kier alpha value is -3.01. The minimum atomic E-state index is -0.521. The van der Waals surface area contributed by atoms with Gasteiger partial charge in [0.1, 0.15) is 5.75 Å². The average molecular weight is 346 g/mol. The molecule has 0 radical (unpaired) electrons. The van der Waals surface area contributed by atoms with Crippen LogP contribution >= 0.6 is 0 Å². The van der Waals surface area contributed by atoms with E-state index in [1.54, 1.807) is 0 Å². The number of hydrogen-bond donors (Lipinski definition) is 1. The summed E-state index contributed by atoms with van der Waals surface area (Å²) in [6.45, 7) is 2.55. The Morgan fingerprint density at radius 2 is 1.81 bits per heavy atom. The summed E-state index contributed by atoms with van der Waals surface area (Å²) >= 11 is 0. The normalized spacial score (nSPS) is 17.3. The molecule has 1 aliphatic heterocycles. The van der Waals surface area contributed by atoms with Crippen molar-refractivity contribution in [3.05, 3.63) is 72.3 Å². The van der Waals surface area contributed by atoms with Crippen molar-refractivity contribution in [2.24, 2.45) is 0 Å². The molecule has 0 spiro atoms. The molecule has 1 amide bonds. The number of carbonyl (C=O) groups is 1. The first-order valence-corrected chi connectivity index (χ1v) is 8.88. The Kier molecular flexibility index (Phi) is 4.25. The Morgan fingerprint density at radius 3 is 2.69 bits per heavy atom. The molecule has 0 saturated carbocycles. The summed E-state index contributed by atoms with van der Waals surface area (Å²) in [7, 11) is 1.98. The number of rotatable bonds is 3. The van der Waals surface area contributed by atoms with Gasteiger partial charge in [0.25, 0.3) is 5.91 Å². The zero-order chi connectivity index (χ0) is 18.1. The van der Waals surface area contributed by atoms with Gasteiger partial charge in [0.2, 0.25) is 0 Å². The largest absolute Gasteiger partial charge is 0.477 e. The van der Waals surface area contributed by atoms with Gasteiger partial charge < -0.3 is 15.0 Å². The van der Waals surface area contributed by atoms with E-state index in [4.69, 9.17) is 4.74 Å². The van der Waals surface area contributed by atoms with E-state index in [1.807, 2.05) is 56.4 Å². The lowest BCUT2D eigenvalue weighted by atomic mass is 9.99. The van der Waals surface area contributed by atoms with Crippen LogP contribution in [0.15, 0.2) is 66.7 Å². The van der Waals surface area contributed by atoms with Crippen LogP contribution in [-0.4, -0.2) is 25.6 Å². The molecule has 0 aliphatic carbocycles. The van der Waals surface area contributed by atoms with Gasteiger partial charge in [-0.25, -0.2) is 0 Å². The van der Waals surface area contributed by atoms with Gasteiger partial charge >= 0.3 is 0 Å². The highest BCUT2D eigenvalue weighted by Crippen LogP contribution is 2.32. The number of benzene rings is 3. The molecule has 0 bridgehead atoms. The first-order valence-electron chi connectivity index (χ1n) is 8.88. The molecule has 0 saturated heterocycles. The molecule has 4 rings (SSSR count). The molecule has 4 heteroatoms. The Morgan fingerprint density at radius 1 is 1.08 bits per heavy atom. The molecule has 1 N–H and O–H groups in total. The van der Waals surface area contributed by atoms with Crippen LogP contribution in [0.25, 0.3) is 10.8 Å². The predicted octanol–water partition coefficient (Wildman–Crippen LogP) is 3.91. The van der Waals surface area contributed by atoms with Crippen molar-refractivity contribution < 1.29 is 9.53 Å².